The Kier molecular flexibility index (Phi) is 4.94. The summed E-state index contributed by atoms with van der Waals surface area (Å²) in [5.74, 6) is 0.300. The fourth-order valence-electron chi connectivity index (χ4n) is 2.74. The number of halogens is 3. The molecular weight excluding hydrogens is 369 g/mol. The first-order valence-corrected chi connectivity index (χ1v) is 8.52. The molecule has 8 heteroatoms. The van der Waals surface area contributed by atoms with E-state index in [0.29, 0.717) is 29.6 Å². The first kappa shape index (κ1) is 18.0. The van der Waals surface area contributed by atoms with Crippen LogP contribution >= 0.6 is 20.8 Å². The maximum Gasteiger partial charge on any atom is 0.291 e. The van der Waals surface area contributed by atoms with E-state index in [1.54, 1.807) is 30.0 Å². The van der Waals surface area contributed by atoms with Crippen molar-refractivity contribution in [1.82, 2.24) is 9.88 Å². The molecule has 1 aliphatic rings. The topological polar surface area (TPSA) is 42.4 Å². The number of carbonyl (C=O) groups is 1. The van der Waals surface area contributed by atoms with Crippen LogP contribution in [0.1, 0.15) is 27.0 Å². The summed E-state index contributed by atoms with van der Waals surface area (Å²) in [6.45, 7) is 1.87. The minimum absolute atomic E-state index is 0.0973. The van der Waals surface area contributed by atoms with E-state index in [9.17, 15) is 13.6 Å². The van der Waals surface area contributed by atoms with Crippen molar-refractivity contribution in [3.05, 3.63) is 57.9 Å². The molecule has 0 spiro atoms. The average molecular weight is 385 g/mol. The molecule has 3 rings (SSSR count). The molecule has 2 aromatic rings. The Hall–Kier alpha value is -1.78. The summed E-state index contributed by atoms with van der Waals surface area (Å²) in [6.07, 6.45) is 1.51. The number of hydrogen-bond donors (Lipinski definition) is 0. The molecule has 1 aliphatic heterocycles. The van der Waals surface area contributed by atoms with Crippen LogP contribution in [0.2, 0.25) is 5.15 Å². The number of hydrogen-bond acceptors (Lipinski definition) is 3. The molecule has 25 heavy (non-hydrogen) atoms. The van der Waals surface area contributed by atoms with Gasteiger partial charge < -0.3 is 9.64 Å². The number of ether oxygens (including phenoxy) is 1. The van der Waals surface area contributed by atoms with Gasteiger partial charge in [-0.05, 0) is 30.2 Å². The largest absolute Gasteiger partial charge is 0.487 e. The quantitative estimate of drug-likeness (QED) is 0.577. The summed E-state index contributed by atoms with van der Waals surface area (Å²) in [5.41, 5.74) is -0.0530. The van der Waals surface area contributed by atoms with Crippen LogP contribution in [0, 0.1) is 6.92 Å². The van der Waals surface area contributed by atoms with Gasteiger partial charge in [0.1, 0.15) is 10.9 Å². The van der Waals surface area contributed by atoms with Crippen molar-refractivity contribution in [2.45, 2.75) is 25.7 Å². The van der Waals surface area contributed by atoms with Gasteiger partial charge in [0.05, 0.1) is 6.54 Å². The Labute approximate surface area is 151 Å². The first-order valence-electron chi connectivity index (χ1n) is 7.56. The highest BCUT2D eigenvalue weighted by molar-refractivity contribution is 7.18. The second kappa shape index (κ2) is 6.85. The summed E-state index contributed by atoms with van der Waals surface area (Å²) < 4.78 is 30.9. The Morgan fingerprint density at radius 1 is 1.40 bits per heavy atom. The van der Waals surface area contributed by atoms with Gasteiger partial charge in [0.15, 0.2) is 6.61 Å². The number of aromatic nitrogens is 1. The first-order chi connectivity index (χ1) is 11.7. The van der Waals surface area contributed by atoms with E-state index in [-0.39, 0.29) is 5.91 Å². The number of fused-ring (bicyclic) bond motifs is 1. The van der Waals surface area contributed by atoms with Crippen molar-refractivity contribution >= 4 is 26.7 Å². The Morgan fingerprint density at radius 2 is 2.16 bits per heavy atom. The van der Waals surface area contributed by atoms with Gasteiger partial charge in [-0.25, -0.2) is 4.98 Å². The Morgan fingerprint density at radius 3 is 2.80 bits per heavy atom. The van der Waals surface area contributed by atoms with Crippen LogP contribution in [-0.2, 0) is 13.1 Å². The minimum atomic E-state index is -2.97. The van der Waals surface area contributed by atoms with Gasteiger partial charge in [0.2, 0.25) is 0 Å². The maximum absolute atomic E-state index is 12.9. The standard InChI is InChI=1S/C17H16ClF2N2O2P/c1-10-6-11(2-3-14(10)24-9-17(19,20)25)7-22-8-13-12(16(22)23)4-5-21-15(13)18/h2-6H,7-9,25H2,1H3. The molecule has 0 saturated carbocycles. The molecule has 132 valence electrons. The second-order valence-corrected chi connectivity index (χ2v) is 7.14. The van der Waals surface area contributed by atoms with Crippen LogP contribution in [-0.4, -0.2) is 28.1 Å². The maximum atomic E-state index is 12.9. The average Bonchev–Trinajstić information content (AvgIpc) is 2.84. The summed E-state index contributed by atoms with van der Waals surface area (Å²) in [5, 5.41) is 0.339. The highest BCUT2D eigenvalue weighted by Gasteiger charge is 2.29. The summed E-state index contributed by atoms with van der Waals surface area (Å²) in [7, 11) is 1.45. The number of amides is 1. The van der Waals surface area contributed by atoms with Crippen LogP contribution in [0.15, 0.2) is 30.5 Å². The van der Waals surface area contributed by atoms with Gasteiger partial charge in [-0.2, -0.15) is 8.78 Å². The lowest BCUT2D eigenvalue weighted by atomic mass is 10.1. The molecule has 1 aromatic heterocycles. The lowest BCUT2D eigenvalue weighted by molar-refractivity contribution is 0.0459. The van der Waals surface area contributed by atoms with Gasteiger partial charge in [-0.1, -0.05) is 33.0 Å². The van der Waals surface area contributed by atoms with Gasteiger partial charge in [0, 0.05) is 23.9 Å². The molecule has 0 aliphatic carbocycles. The number of alkyl halides is 2. The van der Waals surface area contributed by atoms with Crippen molar-refractivity contribution in [3.63, 3.8) is 0 Å². The molecule has 2 heterocycles. The lowest BCUT2D eigenvalue weighted by Crippen LogP contribution is -2.23. The van der Waals surface area contributed by atoms with E-state index >= 15 is 0 Å². The molecule has 0 radical (unpaired) electrons. The highest BCUT2D eigenvalue weighted by atomic mass is 35.5. The number of aryl methyl sites for hydroxylation is 1. The number of rotatable bonds is 5. The third-order valence-electron chi connectivity index (χ3n) is 3.90. The van der Waals surface area contributed by atoms with Crippen molar-refractivity contribution in [1.29, 1.82) is 0 Å². The van der Waals surface area contributed by atoms with E-state index in [1.165, 1.54) is 15.4 Å². The van der Waals surface area contributed by atoms with E-state index in [1.807, 2.05) is 6.07 Å². The van der Waals surface area contributed by atoms with Crippen LogP contribution in [0.25, 0.3) is 0 Å². The molecular formula is C17H16ClF2N2O2P. The molecule has 1 unspecified atom stereocenters. The van der Waals surface area contributed by atoms with Gasteiger partial charge in [-0.15, -0.1) is 0 Å². The molecule has 1 atom stereocenters. The predicted octanol–water partition coefficient (Wildman–Crippen LogP) is 4.05. The predicted molar refractivity (Wildman–Crippen MR) is 94.2 cm³/mol. The van der Waals surface area contributed by atoms with Crippen LogP contribution in [0.4, 0.5) is 8.78 Å². The molecule has 0 N–H and O–H groups in total. The highest BCUT2D eigenvalue weighted by Crippen LogP contribution is 2.30. The fraction of sp³-hybridized carbons (Fsp3) is 0.294. The Balaban J connectivity index is 1.71. The summed E-state index contributed by atoms with van der Waals surface area (Å²) >= 11 is 6.05. The molecule has 4 nitrogen and oxygen atoms in total. The zero-order valence-corrected chi connectivity index (χ0v) is 15.3. The van der Waals surface area contributed by atoms with Crippen LogP contribution in [0.3, 0.4) is 0 Å². The normalized spacial score (nSPS) is 14.0. The van der Waals surface area contributed by atoms with E-state index < -0.39 is 12.3 Å². The smallest absolute Gasteiger partial charge is 0.291 e. The van der Waals surface area contributed by atoms with Gasteiger partial charge in [-0.3, -0.25) is 4.79 Å². The zero-order chi connectivity index (χ0) is 18.2. The van der Waals surface area contributed by atoms with E-state index in [4.69, 9.17) is 16.3 Å². The number of benzene rings is 1. The van der Waals surface area contributed by atoms with E-state index in [0.717, 1.165) is 16.7 Å². The fourth-order valence-corrected chi connectivity index (χ4v) is 3.05. The summed E-state index contributed by atoms with van der Waals surface area (Å²) in [4.78, 5) is 18.1. The number of nitrogens with zero attached hydrogens (tertiary/aromatic N) is 2. The summed E-state index contributed by atoms with van der Waals surface area (Å²) in [6, 6.07) is 6.89. The van der Waals surface area contributed by atoms with Crippen LogP contribution < -0.4 is 4.74 Å². The molecule has 0 saturated heterocycles. The lowest BCUT2D eigenvalue weighted by Gasteiger charge is -2.18. The Bertz CT molecular complexity index is 827. The third-order valence-corrected chi connectivity index (χ3v) is 4.40. The van der Waals surface area contributed by atoms with Crippen molar-refractivity contribution in [3.8, 4) is 5.75 Å². The van der Waals surface area contributed by atoms with Crippen molar-refractivity contribution in [2.75, 3.05) is 6.61 Å². The van der Waals surface area contributed by atoms with Crippen molar-refractivity contribution < 1.29 is 18.3 Å². The van der Waals surface area contributed by atoms with E-state index in [2.05, 4.69) is 4.98 Å². The van der Waals surface area contributed by atoms with Gasteiger partial charge in [0.25, 0.3) is 11.6 Å². The number of pyridine rings is 1. The monoisotopic (exact) mass is 384 g/mol. The second-order valence-electron chi connectivity index (χ2n) is 5.94. The molecule has 1 amide bonds. The molecule has 0 bridgehead atoms. The van der Waals surface area contributed by atoms with Crippen LogP contribution in [0.5, 0.6) is 5.75 Å². The minimum Gasteiger partial charge on any atom is -0.487 e. The van der Waals surface area contributed by atoms with Gasteiger partial charge >= 0.3 is 0 Å². The van der Waals surface area contributed by atoms with Crippen molar-refractivity contribution in [2.24, 2.45) is 0 Å². The zero-order valence-electron chi connectivity index (χ0n) is 13.4. The third kappa shape index (κ3) is 4.07. The molecule has 0 fully saturated rings. The SMILES string of the molecule is Cc1cc(CN2Cc3c(ccnc3Cl)C2=O)ccc1OCC(F)(F)P. The molecule has 1 aromatic carbocycles. The number of carbonyl (C=O) groups excluding carboxylic acids is 1.